The molecular weight excluding hydrogens is 373 g/mol. The Kier molecular flexibility index (Phi) is 4.80. The van der Waals surface area contributed by atoms with E-state index in [0.29, 0.717) is 24.4 Å². The number of rotatable bonds is 3. The number of nitrogens with one attached hydrogen (secondary N) is 1. The molecule has 0 aromatic carbocycles. The lowest BCUT2D eigenvalue weighted by atomic mass is 9.92. The number of aryl methyl sites for hydroxylation is 1. The van der Waals surface area contributed by atoms with Crippen molar-refractivity contribution in [1.29, 1.82) is 0 Å². The summed E-state index contributed by atoms with van der Waals surface area (Å²) in [6.07, 6.45) is 3.03. The van der Waals surface area contributed by atoms with Gasteiger partial charge in [0.05, 0.1) is 11.4 Å². The average Bonchev–Trinajstić information content (AvgIpc) is 3.24. The van der Waals surface area contributed by atoms with E-state index in [2.05, 4.69) is 31.2 Å². The summed E-state index contributed by atoms with van der Waals surface area (Å²) in [7, 11) is 0. The van der Waals surface area contributed by atoms with Crippen molar-refractivity contribution in [3.8, 4) is 0 Å². The zero-order chi connectivity index (χ0) is 20.8. The molecule has 1 N–H and O–H groups in total. The lowest BCUT2D eigenvalue weighted by Crippen LogP contribution is -2.38. The largest absolute Gasteiger partial charge is 0.365 e. The second-order valence-electron chi connectivity index (χ2n) is 8.70. The third kappa shape index (κ3) is 3.97. The predicted octanol–water partition coefficient (Wildman–Crippen LogP) is 4.00. The number of carbonyl (C=O) groups excluding carboxylic acids is 1. The van der Waals surface area contributed by atoms with Crippen LogP contribution in [0.15, 0.2) is 28.9 Å². The van der Waals surface area contributed by atoms with Crippen molar-refractivity contribution >= 4 is 17.4 Å². The van der Waals surface area contributed by atoms with E-state index in [1.165, 1.54) is 12.3 Å². The maximum absolute atomic E-state index is 13.9. The SMILES string of the molecule is Cc1cc(C(=O)N2CCC(c3nc4ccc(F)cn4c3NC(C)(C)C)CC2)on1. The van der Waals surface area contributed by atoms with Gasteiger partial charge in [0.2, 0.25) is 5.76 Å². The summed E-state index contributed by atoms with van der Waals surface area (Å²) in [5.41, 5.74) is 2.13. The number of nitrogens with zero attached hydrogens (tertiary/aromatic N) is 4. The number of amides is 1. The van der Waals surface area contributed by atoms with Crippen molar-refractivity contribution in [1.82, 2.24) is 19.4 Å². The first-order valence-corrected chi connectivity index (χ1v) is 9.89. The molecule has 0 radical (unpaired) electrons. The van der Waals surface area contributed by atoms with Crippen LogP contribution in [-0.4, -0.2) is 44.0 Å². The van der Waals surface area contributed by atoms with Gasteiger partial charge in [-0.3, -0.25) is 9.20 Å². The maximum atomic E-state index is 13.9. The van der Waals surface area contributed by atoms with Crippen LogP contribution in [0, 0.1) is 12.7 Å². The first-order chi connectivity index (χ1) is 13.7. The monoisotopic (exact) mass is 399 g/mol. The van der Waals surface area contributed by atoms with E-state index >= 15 is 0 Å². The van der Waals surface area contributed by atoms with Crippen LogP contribution in [0.3, 0.4) is 0 Å². The molecule has 1 aliphatic heterocycles. The van der Waals surface area contributed by atoms with Gasteiger partial charge in [-0.05, 0) is 52.7 Å². The number of aromatic nitrogens is 3. The van der Waals surface area contributed by atoms with Crippen molar-refractivity contribution in [3.63, 3.8) is 0 Å². The van der Waals surface area contributed by atoms with Gasteiger partial charge in [0.1, 0.15) is 17.3 Å². The molecule has 8 heteroatoms. The molecule has 0 aliphatic carbocycles. The molecule has 0 bridgehead atoms. The zero-order valence-electron chi connectivity index (χ0n) is 17.2. The number of likely N-dealkylation sites (tertiary alicyclic amines) is 1. The lowest BCUT2D eigenvalue weighted by molar-refractivity contribution is 0.0670. The smallest absolute Gasteiger partial charge is 0.292 e. The fourth-order valence-corrected chi connectivity index (χ4v) is 3.78. The Labute approximate surface area is 168 Å². The van der Waals surface area contributed by atoms with Crippen LogP contribution in [-0.2, 0) is 0 Å². The highest BCUT2D eigenvalue weighted by atomic mass is 19.1. The molecule has 3 aromatic heterocycles. The standard InChI is InChI=1S/C21H26FN5O2/c1-13-11-16(29-25-13)20(28)26-9-7-14(8-10-26)18-19(24-21(2,3)4)27-12-15(22)5-6-17(27)23-18/h5-6,11-12,14,24H,7-10H2,1-4H3. The van der Waals surface area contributed by atoms with Gasteiger partial charge in [0.25, 0.3) is 5.91 Å². The minimum atomic E-state index is -0.304. The molecule has 0 spiro atoms. The number of halogens is 1. The van der Waals surface area contributed by atoms with Crippen LogP contribution in [0.2, 0.25) is 0 Å². The lowest BCUT2D eigenvalue weighted by Gasteiger charge is -2.32. The molecule has 0 unspecified atom stereocenters. The molecule has 7 nitrogen and oxygen atoms in total. The Morgan fingerprint density at radius 1 is 1.28 bits per heavy atom. The Balaban J connectivity index is 1.57. The number of carbonyl (C=O) groups is 1. The van der Waals surface area contributed by atoms with Gasteiger partial charge in [-0.2, -0.15) is 0 Å². The van der Waals surface area contributed by atoms with Crippen LogP contribution in [0.1, 0.15) is 61.5 Å². The fourth-order valence-electron chi connectivity index (χ4n) is 3.78. The molecule has 29 heavy (non-hydrogen) atoms. The van der Waals surface area contributed by atoms with E-state index in [9.17, 15) is 9.18 Å². The predicted molar refractivity (Wildman–Crippen MR) is 108 cm³/mol. The van der Waals surface area contributed by atoms with Gasteiger partial charge in [0, 0.05) is 36.8 Å². The summed E-state index contributed by atoms with van der Waals surface area (Å²) < 4.78 is 20.8. The topological polar surface area (TPSA) is 75.7 Å². The molecule has 0 atom stereocenters. The molecular formula is C21H26FN5O2. The van der Waals surface area contributed by atoms with Gasteiger partial charge < -0.3 is 14.7 Å². The normalized spacial score (nSPS) is 15.8. The number of fused-ring (bicyclic) bond motifs is 1. The van der Waals surface area contributed by atoms with Crippen LogP contribution in [0.4, 0.5) is 10.2 Å². The van der Waals surface area contributed by atoms with Gasteiger partial charge in [-0.1, -0.05) is 5.16 Å². The number of pyridine rings is 1. The number of anilines is 1. The summed E-state index contributed by atoms with van der Waals surface area (Å²) in [4.78, 5) is 19.2. The molecule has 1 amide bonds. The van der Waals surface area contributed by atoms with Gasteiger partial charge >= 0.3 is 0 Å². The maximum Gasteiger partial charge on any atom is 0.292 e. The molecule has 1 fully saturated rings. The molecule has 154 valence electrons. The molecule has 1 aliphatic rings. The van der Waals surface area contributed by atoms with Crippen LogP contribution >= 0.6 is 0 Å². The summed E-state index contributed by atoms with van der Waals surface area (Å²) >= 11 is 0. The molecule has 4 heterocycles. The Morgan fingerprint density at radius 3 is 2.62 bits per heavy atom. The number of hydrogen-bond donors (Lipinski definition) is 1. The van der Waals surface area contributed by atoms with Crippen molar-refractivity contribution in [2.75, 3.05) is 18.4 Å². The molecule has 1 saturated heterocycles. The molecule has 3 aromatic rings. The van der Waals surface area contributed by atoms with Crippen LogP contribution in [0.25, 0.3) is 5.65 Å². The summed E-state index contributed by atoms with van der Waals surface area (Å²) in [6, 6.07) is 4.78. The Bertz CT molecular complexity index is 1040. The number of hydrogen-bond acceptors (Lipinski definition) is 5. The highest BCUT2D eigenvalue weighted by molar-refractivity contribution is 5.91. The van der Waals surface area contributed by atoms with Crippen molar-refractivity contribution < 1.29 is 13.7 Å². The minimum absolute atomic E-state index is 0.130. The van der Waals surface area contributed by atoms with Crippen LogP contribution < -0.4 is 5.32 Å². The van der Waals surface area contributed by atoms with E-state index in [0.717, 1.165) is 24.4 Å². The van der Waals surface area contributed by atoms with E-state index in [4.69, 9.17) is 9.51 Å². The van der Waals surface area contributed by atoms with E-state index < -0.39 is 0 Å². The summed E-state index contributed by atoms with van der Waals surface area (Å²) in [6.45, 7) is 9.21. The first kappa shape index (κ1) is 19.4. The second kappa shape index (κ2) is 7.17. The average molecular weight is 399 g/mol. The van der Waals surface area contributed by atoms with E-state index in [-0.39, 0.29) is 28.9 Å². The Hall–Kier alpha value is -2.90. The third-order valence-corrected chi connectivity index (χ3v) is 5.11. The molecule has 4 rings (SSSR count). The van der Waals surface area contributed by atoms with Crippen molar-refractivity contribution in [3.05, 3.63) is 47.4 Å². The fraction of sp³-hybridized carbons (Fsp3) is 0.476. The van der Waals surface area contributed by atoms with Gasteiger partial charge in [0.15, 0.2) is 0 Å². The van der Waals surface area contributed by atoms with E-state index in [1.807, 2.05) is 0 Å². The van der Waals surface area contributed by atoms with Gasteiger partial charge in [-0.15, -0.1) is 0 Å². The second-order valence-corrected chi connectivity index (χ2v) is 8.70. The number of piperidine rings is 1. The highest BCUT2D eigenvalue weighted by Crippen LogP contribution is 2.35. The van der Waals surface area contributed by atoms with Crippen molar-refractivity contribution in [2.24, 2.45) is 0 Å². The first-order valence-electron chi connectivity index (χ1n) is 9.89. The summed E-state index contributed by atoms with van der Waals surface area (Å²) in [5.74, 6) is 0.848. The van der Waals surface area contributed by atoms with Crippen molar-refractivity contribution in [2.45, 2.75) is 52.0 Å². The summed E-state index contributed by atoms with van der Waals surface area (Å²) in [5, 5.41) is 7.29. The minimum Gasteiger partial charge on any atom is -0.365 e. The van der Waals surface area contributed by atoms with E-state index in [1.54, 1.807) is 28.4 Å². The van der Waals surface area contributed by atoms with Crippen LogP contribution in [0.5, 0.6) is 0 Å². The quantitative estimate of drug-likeness (QED) is 0.720. The Morgan fingerprint density at radius 2 is 2.00 bits per heavy atom. The highest BCUT2D eigenvalue weighted by Gasteiger charge is 2.30. The van der Waals surface area contributed by atoms with Gasteiger partial charge in [-0.25, -0.2) is 9.37 Å². The third-order valence-electron chi connectivity index (χ3n) is 5.11. The number of imidazole rings is 1. The zero-order valence-corrected chi connectivity index (χ0v) is 17.2. The molecule has 0 saturated carbocycles.